The minimum absolute atomic E-state index is 0.0308. The van der Waals surface area contributed by atoms with Crippen molar-refractivity contribution < 1.29 is 14.3 Å². The number of fused-ring (bicyclic) bond motifs is 1. The molecule has 0 saturated carbocycles. The second kappa shape index (κ2) is 7.85. The van der Waals surface area contributed by atoms with Gasteiger partial charge >= 0.3 is 5.97 Å². The molecule has 0 aliphatic carbocycles. The monoisotopic (exact) mass is 340 g/mol. The minimum Gasteiger partial charge on any atom is -0.465 e. The number of carbonyl (C=O) groups is 1. The first-order chi connectivity index (χ1) is 12.2. The lowest BCUT2D eigenvalue weighted by Crippen LogP contribution is -2.31. The molecule has 2 aromatic heterocycles. The topological polar surface area (TPSA) is 97.2 Å². The predicted molar refractivity (Wildman–Crippen MR) is 94.4 cm³/mol. The highest BCUT2D eigenvalue weighted by Gasteiger charge is 2.13. The second-order valence-electron chi connectivity index (χ2n) is 5.72. The fraction of sp³-hybridized carbons (Fsp3) is 0.333. The van der Waals surface area contributed by atoms with Gasteiger partial charge in [0.25, 0.3) is 0 Å². The second-order valence-corrected chi connectivity index (χ2v) is 5.72. The van der Waals surface area contributed by atoms with Gasteiger partial charge in [0, 0.05) is 30.8 Å². The molecule has 0 radical (unpaired) electrons. The number of hydrogen-bond acceptors (Lipinski definition) is 7. The molecule has 130 valence electrons. The van der Waals surface area contributed by atoms with E-state index in [0.717, 1.165) is 25.9 Å². The number of hydrogen-bond donors (Lipinski definition) is 2. The molecule has 1 fully saturated rings. The molecule has 2 N–H and O–H groups in total. The van der Waals surface area contributed by atoms with Crippen molar-refractivity contribution in [3.63, 3.8) is 0 Å². The van der Waals surface area contributed by atoms with Crippen LogP contribution in [0.15, 0.2) is 30.6 Å². The van der Waals surface area contributed by atoms with E-state index >= 15 is 0 Å². The van der Waals surface area contributed by atoms with Crippen LogP contribution in [0.5, 0.6) is 0 Å². The number of ether oxygens (including phenoxy) is 2. The summed E-state index contributed by atoms with van der Waals surface area (Å²) in [6.45, 7) is 0.752. The van der Waals surface area contributed by atoms with Crippen LogP contribution in [0.25, 0.3) is 16.6 Å². The normalized spacial score (nSPS) is 18.0. The standard InChI is InChI=1S/C18H20N4O3/c1-24-18(23)12-8-16-15(20-10-12)6-5-14(22-16)13(9-19)11-21-17-4-2-3-7-25-17/h5-6,8-11,17,19,21H,2-4,7H2,1H3/b13-11+,19-9?. The Morgan fingerprint density at radius 1 is 1.40 bits per heavy atom. The van der Waals surface area contributed by atoms with Crippen LogP contribution in [-0.2, 0) is 9.47 Å². The fourth-order valence-electron chi connectivity index (χ4n) is 2.64. The first-order valence-electron chi connectivity index (χ1n) is 8.15. The summed E-state index contributed by atoms with van der Waals surface area (Å²) in [5.41, 5.74) is 2.83. The molecule has 1 unspecified atom stereocenters. The van der Waals surface area contributed by atoms with E-state index in [4.69, 9.17) is 14.9 Å². The molecule has 1 atom stereocenters. The Bertz CT molecular complexity index is 813. The highest BCUT2D eigenvalue weighted by Crippen LogP contribution is 2.17. The van der Waals surface area contributed by atoms with Gasteiger partial charge in [-0.05, 0) is 37.5 Å². The number of nitrogens with zero attached hydrogens (tertiary/aromatic N) is 2. The molecule has 7 heteroatoms. The number of aromatic nitrogens is 2. The van der Waals surface area contributed by atoms with E-state index in [-0.39, 0.29) is 6.23 Å². The van der Waals surface area contributed by atoms with Gasteiger partial charge in [-0.1, -0.05) is 0 Å². The van der Waals surface area contributed by atoms with Crippen molar-refractivity contribution in [3.05, 3.63) is 41.9 Å². The van der Waals surface area contributed by atoms with Crippen LogP contribution in [0.4, 0.5) is 0 Å². The summed E-state index contributed by atoms with van der Waals surface area (Å²) in [5, 5.41) is 10.9. The molecule has 2 aromatic rings. The highest BCUT2D eigenvalue weighted by atomic mass is 16.5. The summed E-state index contributed by atoms with van der Waals surface area (Å²) in [4.78, 5) is 20.4. The smallest absolute Gasteiger partial charge is 0.339 e. The average Bonchev–Trinajstić information content (AvgIpc) is 2.68. The van der Waals surface area contributed by atoms with Crippen LogP contribution in [-0.4, -0.2) is 42.1 Å². The van der Waals surface area contributed by atoms with E-state index in [1.165, 1.54) is 19.5 Å². The molecule has 0 spiro atoms. The Morgan fingerprint density at radius 3 is 3.00 bits per heavy atom. The van der Waals surface area contributed by atoms with Crippen LogP contribution < -0.4 is 5.32 Å². The molecule has 0 amide bonds. The van der Waals surface area contributed by atoms with Gasteiger partial charge < -0.3 is 20.2 Å². The maximum Gasteiger partial charge on any atom is 0.339 e. The Hall–Kier alpha value is -2.80. The number of pyridine rings is 2. The molecule has 0 aromatic carbocycles. The summed E-state index contributed by atoms with van der Waals surface area (Å²) >= 11 is 0. The van der Waals surface area contributed by atoms with Crippen LogP contribution in [0.2, 0.25) is 0 Å². The third-order valence-corrected chi connectivity index (χ3v) is 4.01. The van der Waals surface area contributed by atoms with Gasteiger partial charge in [-0.25, -0.2) is 9.78 Å². The summed E-state index contributed by atoms with van der Waals surface area (Å²) in [7, 11) is 1.32. The van der Waals surface area contributed by atoms with Crippen molar-refractivity contribution in [2.45, 2.75) is 25.5 Å². The SMILES string of the molecule is COC(=O)c1cnc2ccc(/C(C=N)=C/NC3CCCCO3)nc2c1. The van der Waals surface area contributed by atoms with Crippen molar-refractivity contribution in [1.82, 2.24) is 15.3 Å². The minimum atomic E-state index is -0.458. The maximum absolute atomic E-state index is 11.6. The number of carbonyl (C=O) groups excluding carboxylic acids is 1. The molecule has 3 heterocycles. The summed E-state index contributed by atoms with van der Waals surface area (Å²) in [5.74, 6) is -0.458. The number of esters is 1. The lowest BCUT2D eigenvalue weighted by Gasteiger charge is -2.22. The van der Waals surface area contributed by atoms with Crippen LogP contribution in [0.1, 0.15) is 35.3 Å². The van der Waals surface area contributed by atoms with Gasteiger partial charge in [-0.3, -0.25) is 4.98 Å². The van der Waals surface area contributed by atoms with Crippen molar-refractivity contribution >= 4 is 28.8 Å². The third kappa shape index (κ3) is 4.00. The highest BCUT2D eigenvalue weighted by molar-refractivity contribution is 6.07. The van der Waals surface area contributed by atoms with Gasteiger partial charge in [0.15, 0.2) is 0 Å². The lowest BCUT2D eigenvalue weighted by atomic mass is 10.1. The summed E-state index contributed by atoms with van der Waals surface area (Å²) < 4.78 is 10.3. The van der Waals surface area contributed by atoms with E-state index in [2.05, 4.69) is 15.3 Å². The third-order valence-electron chi connectivity index (χ3n) is 4.01. The van der Waals surface area contributed by atoms with Crippen molar-refractivity contribution in [1.29, 1.82) is 5.41 Å². The van der Waals surface area contributed by atoms with Crippen molar-refractivity contribution in [2.24, 2.45) is 0 Å². The molecule has 1 aliphatic rings. The molecule has 1 saturated heterocycles. The van der Waals surface area contributed by atoms with Gasteiger partial charge in [-0.2, -0.15) is 0 Å². The Kier molecular flexibility index (Phi) is 5.35. The summed E-state index contributed by atoms with van der Waals surface area (Å²) in [6.07, 6.45) is 7.57. The Morgan fingerprint density at radius 2 is 2.28 bits per heavy atom. The van der Waals surface area contributed by atoms with Gasteiger partial charge in [0.1, 0.15) is 6.23 Å². The Balaban J connectivity index is 1.87. The number of rotatable bonds is 5. The molecule has 7 nitrogen and oxygen atoms in total. The molecule has 25 heavy (non-hydrogen) atoms. The molecular formula is C18H20N4O3. The Labute approximate surface area is 145 Å². The average molecular weight is 340 g/mol. The molecular weight excluding hydrogens is 320 g/mol. The van der Waals surface area contributed by atoms with E-state index in [9.17, 15) is 4.79 Å². The molecule has 1 aliphatic heterocycles. The van der Waals surface area contributed by atoms with Crippen LogP contribution >= 0.6 is 0 Å². The van der Waals surface area contributed by atoms with E-state index < -0.39 is 5.97 Å². The number of allylic oxidation sites excluding steroid dienone is 1. The van der Waals surface area contributed by atoms with E-state index in [1.54, 1.807) is 18.3 Å². The van der Waals surface area contributed by atoms with Crippen molar-refractivity contribution in [2.75, 3.05) is 13.7 Å². The first-order valence-corrected chi connectivity index (χ1v) is 8.15. The zero-order valence-electron chi connectivity index (χ0n) is 14.0. The maximum atomic E-state index is 11.6. The zero-order valence-corrected chi connectivity index (χ0v) is 14.0. The van der Waals surface area contributed by atoms with Crippen molar-refractivity contribution in [3.8, 4) is 0 Å². The quantitative estimate of drug-likeness (QED) is 0.641. The zero-order chi connectivity index (χ0) is 17.6. The first kappa shape index (κ1) is 17.0. The van der Waals surface area contributed by atoms with Gasteiger partial charge in [-0.15, -0.1) is 0 Å². The van der Waals surface area contributed by atoms with E-state index in [1.807, 2.05) is 6.07 Å². The fourth-order valence-corrected chi connectivity index (χ4v) is 2.64. The predicted octanol–water partition coefficient (Wildman–Crippen LogP) is 2.52. The van der Waals surface area contributed by atoms with Crippen LogP contribution in [0, 0.1) is 5.41 Å². The van der Waals surface area contributed by atoms with Gasteiger partial charge in [0.05, 0.1) is 29.4 Å². The largest absolute Gasteiger partial charge is 0.465 e. The van der Waals surface area contributed by atoms with Gasteiger partial charge in [0.2, 0.25) is 0 Å². The molecule has 0 bridgehead atoms. The van der Waals surface area contributed by atoms with E-state index in [0.29, 0.717) is 27.9 Å². The summed E-state index contributed by atoms with van der Waals surface area (Å²) in [6, 6.07) is 5.25. The number of methoxy groups -OCH3 is 1. The number of nitrogens with one attached hydrogen (secondary N) is 2. The lowest BCUT2D eigenvalue weighted by molar-refractivity contribution is 0.00347. The molecule has 3 rings (SSSR count). The van der Waals surface area contributed by atoms with Crippen LogP contribution in [0.3, 0.4) is 0 Å².